The molecule has 5 heteroatoms. The fraction of sp³-hybridized carbons (Fsp3) is 0.250. The van der Waals surface area contributed by atoms with E-state index in [1.807, 2.05) is 18.2 Å². The molecule has 25 heavy (non-hydrogen) atoms. The van der Waals surface area contributed by atoms with Gasteiger partial charge in [0, 0.05) is 23.6 Å². The van der Waals surface area contributed by atoms with Crippen LogP contribution in [0.15, 0.2) is 47.3 Å². The molecule has 1 aliphatic heterocycles. The van der Waals surface area contributed by atoms with E-state index >= 15 is 0 Å². The molecular weight excluding hydrogens is 316 g/mol. The van der Waals surface area contributed by atoms with Gasteiger partial charge in [-0.2, -0.15) is 0 Å². The smallest absolute Gasteiger partial charge is 0.252 e. The number of pyridine rings is 1. The lowest BCUT2D eigenvalue weighted by Gasteiger charge is -2.07. The van der Waals surface area contributed by atoms with Crippen molar-refractivity contribution >= 4 is 10.9 Å². The second-order valence-corrected chi connectivity index (χ2v) is 6.33. The third-order valence-corrected chi connectivity index (χ3v) is 4.40. The van der Waals surface area contributed by atoms with E-state index in [4.69, 9.17) is 9.47 Å². The van der Waals surface area contributed by atoms with Gasteiger partial charge in [-0.3, -0.25) is 4.79 Å². The van der Waals surface area contributed by atoms with Crippen LogP contribution >= 0.6 is 0 Å². The monoisotopic (exact) mass is 336 g/mol. The van der Waals surface area contributed by atoms with Crippen molar-refractivity contribution in [2.75, 3.05) is 13.3 Å². The number of rotatable bonds is 5. The van der Waals surface area contributed by atoms with Crippen LogP contribution in [0.3, 0.4) is 0 Å². The topological polar surface area (TPSA) is 63.4 Å². The van der Waals surface area contributed by atoms with E-state index in [9.17, 15) is 4.79 Å². The first kappa shape index (κ1) is 15.7. The van der Waals surface area contributed by atoms with Crippen molar-refractivity contribution < 1.29 is 9.47 Å². The van der Waals surface area contributed by atoms with Crippen molar-refractivity contribution in [3.8, 4) is 11.5 Å². The summed E-state index contributed by atoms with van der Waals surface area (Å²) in [5, 5.41) is 4.30. The van der Waals surface area contributed by atoms with Crippen LogP contribution in [0.4, 0.5) is 0 Å². The van der Waals surface area contributed by atoms with Gasteiger partial charge in [0.05, 0.1) is 5.52 Å². The molecule has 0 radical (unpaired) electrons. The number of benzene rings is 2. The highest BCUT2D eigenvalue weighted by molar-refractivity contribution is 5.83. The molecule has 0 fully saturated rings. The van der Waals surface area contributed by atoms with E-state index in [0.717, 1.165) is 35.2 Å². The zero-order chi connectivity index (χ0) is 17.2. The fourth-order valence-electron chi connectivity index (χ4n) is 3.10. The van der Waals surface area contributed by atoms with Gasteiger partial charge in [-0.05, 0) is 37.6 Å². The average molecular weight is 336 g/mol. The van der Waals surface area contributed by atoms with Gasteiger partial charge < -0.3 is 19.8 Å². The largest absolute Gasteiger partial charge is 0.454 e. The maximum absolute atomic E-state index is 12.3. The van der Waals surface area contributed by atoms with E-state index in [0.29, 0.717) is 12.3 Å². The highest BCUT2D eigenvalue weighted by Gasteiger charge is 2.15. The number of aromatic nitrogens is 1. The summed E-state index contributed by atoms with van der Waals surface area (Å²) in [6.45, 7) is 3.67. The molecule has 4 rings (SSSR count). The van der Waals surface area contributed by atoms with Crippen molar-refractivity contribution in [1.29, 1.82) is 0 Å². The van der Waals surface area contributed by atoms with Crippen LogP contribution in [-0.2, 0) is 13.0 Å². The number of hydrogen-bond acceptors (Lipinski definition) is 4. The number of ether oxygens (including phenoxy) is 2. The molecule has 128 valence electrons. The van der Waals surface area contributed by atoms with E-state index in [1.54, 1.807) is 0 Å². The van der Waals surface area contributed by atoms with Crippen molar-refractivity contribution in [3.63, 3.8) is 0 Å². The summed E-state index contributed by atoms with van der Waals surface area (Å²) in [6.07, 6.45) is 0.936. The van der Waals surface area contributed by atoms with Crippen LogP contribution < -0.4 is 20.3 Å². The fourth-order valence-corrected chi connectivity index (χ4v) is 3.10. The second-order valence-electron chi connectivity index (χ2n) is 6.33. The van der Waals surface area contributed by atoms with E-state index in [2.05, 4.69) is 41.5 Å². The molecule has 0 saturated heterocycles. The molecule has 0 atom stereocenters. The van der Waals surface area contributed by atoms with E-state index in [1.165, 1.54) is 11.1 Å². The Hall–Kier alpha value is -2.79. The quantitative estimate of drug-likeness (QED) is 0.703. The maximum Gasteiger partial charge on any atom is 0.252 e. The van der Waals surface area contributed by atoms with Crippen molar-refractivity contribution in [2.45, 2.75) is 19.9 Å². The lowest BCUT2D eigenvalue weighted by Crippen LogP contribution is -2.22. The molecule has 0 amide bonds. The first-order valence-electron chi connectivity index (χ1n) is 8.41. The maximum atomic E-state index is 12.3. The standard InChI is InChI=1S/C20H20N2O3/c1-13-3-2-4-14(7-13)5-6-21-11-16-8-15-9-18-19(25-12-24-18)10-17(15)22-20(16)23/h2-4,7-10,21H,5-6,11-12H2,1H3,(H,22,23). The van der Waals surface area contributed by atoms with Crippen LogP contribution in [0.5, 0.6) is 11.5 Å². The summed E-state index contributed by atoms with van der Waals surface area (Å²) in [4.78, 5) is 15.2. The SMILES string of the molecule is Cc1cccc(CCNCc2cc3cc4c(cc3[nH]c2=O)OCO4)c1. The lowest BCUT2D eigenvalue weighted by atomic mass is 10.1. The summed E-state index contributed by atoms with van der Waals surface area (Å²) < 4.78 is 10.8. The number of nitrogens with one attached hydrogen (secondary N) is 2. The van der Waals surface area contributed by atoms with Gasteiger partial charge in [0.1, 0.15) is 0 Å². The zero-order valence-electron chi connectivity index (χ0n) is 14.1. The Morgan fingerprint density at radius 1 is 1.12 bits per heavy atom. The van der Waals surface area contributed by atoms with Crippen molar-refractivity contribution in [1.82, 2.24) is 10.3 Å². The van der Waals surface area contributed by atoms with Crippen LogP contribution in [0, 0.1) is 6.92 Å². The van der Waals surface area contributed by atoms with Gasteiger partial charge in [-0.15, -0.1) is 0 Å². The minimum absolute atomic E-state index is 0.0746. The van der Waals surface area contributed by atoms with Gasteiger partial charge >= 0.3 is 0 Å². The average Bonchev–Trinajstić information content (AvgIpc) is 3.04. The third-order valence-electron chi connectivity index (χ3n) is 4.40. The number of aryl methyl sites for hydroxylation is 1. The Morgan fingerprint density at radius 3 is 2.80 bits per heavy atom. The Morgan fingerprint density at radius 2 is 1.96 bits per heavy atom. The van der Waals surface area contributed by atoms with Gasteiger partial charge in [0.25, 0.3) is 5.56 Å². The number of aromatic amines is 1. The number of H-pyrrole nitrogens is 1. The number of fused-ring (bicyclic) bond motifs is 2. The molecule has 0 saturated carbocycles. The van der Waals surface area contributed by atoms with Gasteiger partial charge in [-0.1, -0.05) is 29.8 Å². The molecule has 0 unspecified atom stereocenters. The third kappa shape index (κ3) is 3.37. The van der Waals surface area contributed by atoms with Crippen LogP contribution in [0.25, 0.3) is 10.9 Å². The minimum atomic E-state index is -0.0746. The first-order chi connectivity index (χ1) is 12.2. The molecule has 0 bridgehead atoms. The normalized spacial score (nSPS) is 12.7. The van der Waals surface area contributed by atoms with Crippen LogP contribution in [0.1, 0.15) is 16.7 Å². The molecule has 5 nitrogen and oxygen atoms in total. The number of hydrogen-bond donors (Lipinski definition) is 2. The Labute approximate surface area is 145 Å². The first-order valence-corrected chi connectivity index (χ1v) is 8.41. The van der Waals surface area contributed by atoms with Crippen LogP contribution in [-0.4, -0.2) is 18.3 Å². The highest BCUT2D eigenvalue weighted by atomic mass is 16.7. The molecule has 1 aromatic heterocycles. The molecule has 2 aromatic carbocycles. The summed E-state index contributed by atoms with van der Waals surface area (Å²) in [5.41, 5.74) is 3.97. The predicted molar refractivity (Wildman–Crippen MR) is 97.3 cm³/mol. The molecule has 0 spiro atoms. The lowest BCUT2D eigenvalue weighted by molar-refractivity contribution is 0.174. The molecule has 0 aliphatic carbocycles. The summed E-state index contributed by atoms with van der Waals surface area (Å²) in [7, 11) is 0. The predicted octanol–water partition coefficient (Wildman–Crippen LogP) is 2.90. The minimum Gasteiger partial charge on any atom is -0.454 e. The van der Waals surface area contributed by atoms with Crippen LogP contribution in [0.2, 0.25) is 0 Å². The zero-order valence-corrected chi connectivity index (χ0v) is 14.1. The van der Waals surface area contributed by atoms with Gasteiger partial charge in [0.15, 0.2) is 11.5 Å². The van der Waals surface area contributed by atoms with Crippen molar-refractivity contribution in [2.24, 2.45) is 0 Å². The van der Waals surface area contributed by atoms with Crippen molar-refractivity contribution in [3.05, 3.63) is 69.5 Å². The van der Waals surface area contributed by atoms with Gasteiger partial charge in [-0.25, -0.2) is 0 Å². The highest BCUT2D eigenvalue weighted by Crippen LogP contribution is 2.35. The molecular formula is C20H20N2O3. The summed E-state index contributed by atoms with van der Waals surface area (Å²) in [5.74, 6) is 1.39. The van der Waals surface area contributed by atoms with Gasteiger partial charge in [0.2, 0.25) is 6.79 Å². The Kier molecular flexibility index (Phi) is 4.15. The molecule has 2 heterocycles. The summed E-state index contributed by atoms with van der Waals surface area (Å²) >= 11 is 0. The Balaban J connectivity index is 1.45. The molecule has 1 aliphatic rings. The van der Waals surface area contributed by atoms with E-state index in [-0.39, 0.29) is 12.4 Å². The second kappa shape index (κ2) is 6.61. The summed E-state index contributed by atoms with van der Waals surface area (Å²) in [6, 6.07) is 14.1. The van der Waals surface area contributed by atoms with E-state index < -0.39 is 0 Å². The Bertz CT molecular complexity index is 978. The molecule has 2 N–H and O–H groups in total. The molecule has 3 aromatic rings.